The molecule has 0 fully saturated rings. The molecule has 1 N–H and O–H groups in total. The number of fused-ring (bicyclic) bond motifs is 4. The highest BCUT2D eigenvalue weighted by molar-refractivity contribution is 6.18. The van der Waals surface area contributed by atoms with Gasteiger partial charge in [0, 0.05) is 22.2 Å². The summed E-state index contributed by atoms with van der Waals surface area (Å²) in [4.78, 5) is 8.92. The molecular formula is C32H24N2O. The maximum Gasteiger partial charge on any atom is 0.151 e. The Morgan fingerprint density at radius 1 is 0.829 bits per heavy atom. The first kappa shape index (κ1) is 20.0. The van der Waals surface area contributed by atoms with Gasteiger partial charge in [0.2, 0.25) is 0 Å². The smallest absolute Gasteiger partial charge is 0.151 e. The van der Waals surface area contributed by atoms with E-state index in [2.05, 4.69) is 90.8 Å². The molecule has 0 unspecified atom stereocenters. The van der Waals surface area contributed by atoms with E-state index in [4.69, 9.17) is 9.41 Å². The number of aryl methyl sites for hydroxylation is 1. The Morgan fingerprint density at radius 2 is 1.63 bits per heavy atom. The molecule has 3 nitrogen and oxygen atoms in total. The quantitative estimate of drug-likeness (QED) is 0.296. The maximum atomic E-state index is 6.13. The van der Waals surface area contributed by atoms with Crippen molar-refractivity contribution in [2.45, 2.75) is 19.8 Å². The van der Waals surface area contributed by atoms with Crippen LogP contribution in [0.15, 0.2) is 123 Å². The minimum Gasteiger partial charge on any atom is -0.455 e. The predicted molar refractivity (Wildman–Crippen MR) is 142 cm³/mol. The number of nitrogens with one attached hydrogen (secondary N) is 1. The molecular weight excluding hydrogens is 428 g/mol. The number of para-hydroxylation sites is 1. The lowest BCUT2D eigenvalue weighted by atomic mass is 9.85. The number of aromatic nitrogens is 1. The van der Waals surface area contributed by atoms with E-state index in [1.54, 1.807) is 0 Å². The second-order valence-electron chi connectivity index (χ2n) is 9.24. The molecule has 3 heterocycles. The number of hydrogen-bond donors (Lipinski definition) is 1. The highest BCUT2D eigenvalue weighted by atomic mass is 16.3. The third-order valence-electron chi connectivity index (χ3n) is 7.18. The van der Waals surface area contributed by atoms with Gasteiger partial charge in [-0.05, 0) is 66.3 Å². The maximum absolute atomic E-state index is 6.13. The van der Waals surface area contributed by atoms with Gasteiger partial charge in [-0.25, -0.2) is 4.99 Å². The van der Waals surface area contributed by atoms with Crippen molar-refractivity contribution in [1.29, 1.82) is 0 Å². The van der Waals surface area contributed by atoms with Crippen LogP contribution in [0.4, 0.5) is 0 Å². The van der Waals surface area contributed by atoms with E-state index in [0.29, 0.717) is 0 Å². The molecule has 0 saturated heterocycles. The second kappa shape index (κ2) is 7.85. The van der Waals surface area contributed by atoms with Crippen molar-refractivity contribution in [3.63, 3.8) is 0 Å². The zero-order chi connectivity index (χ0) is 23.4. The van der Waals surface area contributed by atoms with E-state index in [0.717, 1.165) is 63.5 Å². The molecule has 168 valence electrons. The summed E-state index contributed by atoms with van der Waals surface area (Å²) in [5.74, 6) is 0.838. The van der Waals surface area contributed by atoms with E-state index < -0.39 is 0 Å². The number of rotatable bonds is 3. The number of hydrogen-bond acceptors (Lipinski definition) is 2. The molecule has 0 bridgehead atoms. The van der Waals surface area contributed by atoms with Crippen molar-refractivity contribution in [3.05, 3.63) is 136 Å². The Labute approximate surface area is 204 Å². The third-order valence-corrected chi connectivity index (χ3v) is 7.18. The minimum absolute atomic E-state index is 0.838. The van der Waals surface area contributed by atoms with Gasteiger partial charge >= 0.3 is 0 Å². The first-order chi connectivity index (χ1) is 17.3. The standard InChI is InChI=1S/C32H24N2O/c1-20-24-16-15-21-9-5-7-13-25(21)32(24)34-31(20)30(22-10-3-2-4-11-22)27-18-17-26(33-27)29-19-23-12-6-8-14-28(23)35-29/h2-14,17-19,33H,15-16H2,1H3/b31-30-. The average Bonchev–Trinajstić information content (AvgIpc) is 3.63. The Hall–Kier alpha value is -4.37. The molecule has 0 spiro atoms. The molecule has 1 aliphatic carbocycles. The van der Waals surface area contributed by atoms with Crippen LogP contribution in [0.1, 0.15) is 35.7 Å². The summed E-state index contributed by atoms with van der Waals surface area (Å²) < 4.78 is 6.13. The molecule has 3 heteroatoms. The normalized spacial score (nSPS) is 16.3. The lowest BCUT2D eigenvalue weighted by Crippen LogP contribution is -2.13. The summed E-state index contributed by atoms with van der Waals surface area (Å²) in [5, 5.41) is 1.10. The molecule has 7 rings (SSSR count). The summed E-state index contributed by atoms with van der Waals surface area (Å²) in [6.45, 7) is 2.22. The largest absolute Gasteiger partial charge is 0.455 e. The fraction of sp³-hybridized carbons (Fsp3) is 0.0938. The zero-order valence-corrected chi connectivity index (χ0v) is 19.5. The Bertz CT molecular complexity index is 1660. The molecule has 3 aromatic carbocycles. The van der Waals surface area contributed by atoms with Crippen molar-refractivity contribution >= 4 is 22.3 Å². The highest BCUT2D eigenvalue weighted by Crippen LogP contribution is 2.41. The van der Waals surface area contributed by atoms with Gasteiger partial charge < -0.3 is 9.40 Å². The molecule has 0 atom stereocenters. The van der Waals surface area contributed by atoms with E-state index in [-0.39, 0.29) is 0 Å². The van der Waals surface area contributed by atoms with Crippen LogP contribution < -0.4 is 0 Å². The van der Waals surface area contributed by atoms with Crippen LogP contribution in [-0.4, -0.2) is 10.7 Å². The second-order valence-corrected chi connectivity index (χ2v) is 9.24. The van der Waals surface area contributed by atoms with Crippen LogP contribution in [0, 0.1) is 0 Å². The molecule has 0 saturated carbocycles. The van der Waals surface area contributed by atoms with Crippen molar-refractivity contribution in [1.82, 2.24) is 4.98 Å². The van der Waals surface area contributed by atoms with Gasteiger partial charge in [-0.2, -0.15) is 0 Å². The van der Waals surface area contributed by atoms with Crippen molar-refractivity contribution in [2.24, 2.45) is 4.99 Å². The number of furan rings is 1. The molecule has 0 amide bonds. The van der Waals surface area contributed by atoms with Crippen LogP contribution in [0.5, 0.6) is 0 Å². The van der Waals surface area contributed by atoms with E-state index in [9.17, 15) is 0 Å². The lowest BCUT2D eigenvalue weighted by molar-refractivity contribution is 0.629. The number of aliphatic imine (C=N–C) groups is 1. The first-order valence-corrected chi connectivity index (χ1v) is 12.1. The van der Waals surface area contributed by atoms with Crippen LogP contribution >= 0.6 is 0 Å². The van der Waals surface area contributed by atoms with Crippen LogP contribution in [0.2, 0.25) is 0 Å². The summed E-state index contributed by atoms with van der Waals surface area (Å²) in [6, 6.07) is 33.7. The van der Waals surface area contributed by atoms with Crippen molar-refractivity contribution in [3.8, 4) is 11.5 Å². The lowest BCUT2D eigenvalue weighted by Gasteiger charge is -2.18. The van der Waals surface area contributed by atoms with E-state index >= 15 is 0 Å². The molecule has 2 aliphatic rings. The summed E-state index contributed by atoms with van der Waals surface area (Å²) >= 11 is 0. The van der Waals surface area contributed by atoms with Crippen molar-refractivity contribution < 1.29 is 4.42 Å². The molecule has 35 heavy (non-hydrogen) atoms. The number of H-pyrrole nitrogens is 1. The number of allylic oxidation sites excluding steroid dienone is 2. The molecule has 2 aromatic heterocycles. The van der Waals surface area contributed by atoms with Gasteiger partial charge in [0.1, 0.15) is 5.58 Å². The summed E-state index contributed by atoms with van der Waals surface area (Å²) in [6.07, 6.45) is 2.09. The number of nitrogens with zero attached hydrogens (tertiary/aromatic N) is 1. The van der Waals surface area contributed by atoms with Crippen LogP contribution in [-0.2, 0) is 6.42 Å². The monoisotopic (exact) mass is 452 g/mol. The first-order valence-electron chi connectivity index (χ1n) is 12.1. The topological polar surface area (TPSA) is 41.3 Å². The molecule has 1 aliphatic heterocycles. The van der Waals surface area contributed by atoms with Gasteiger partial charge in [-0.1, -0.05) is 72.8 Å². The van der Waals surface area contributed by atoms with Gasteiger partial charge in [0.15, 0.2) is 5.76 Å². The fourth-order valence-corrected chi connectivity index (χ4v) is 5.41. The van der Waals surface area contributed by atoms with Gasteiger partial charge in [0.05, 0.1) is 17.1 Å². The minimum atomic E-state index is 0.838. The number of benzene rings is 3. The Balaban J connectivity index is 1.42. The van der Waals surface area contributed by atoms with Gasteiger partial charge in [0.25, 0.3) is 0 Å². The van der Waals surface area contributed by atoms with Crippen LogP contribution in [0.3, 0.4) is 0 Å². The Morgan fingerprint density at radius 3 is 2.51 bits per heavy atom. The average molecular weight is 453 g/mol. The number of aromatic amines is 1. The van der Waals surface area contributed by atoms with Gasteiger partial charge in [-0.15, -0.1) is 0 Å². The van der Waals surface area contributed by atoms with E-state index in [1.165, 1.54) is 22.3 Å². The fourth-order valence-electron chi connectivity index (χ4n) is 5.41. The highest BCUT2D eigenvalue weighted by Gasteiger charge is 2.29. The van der Waals surface area contributed by atoms with E-state index in [1.807, 2.05) is 18.2 Å². The summed E-state index contributed by atoms with van der Waals surface area (Å²) in [5.41, 5.74) is 12.7. The zero-order valence-electron chi connectivity index (χ0n) is 19.5. The van der Waals surface area contributed by atoms with Crippen molar-refractivity contribution in [2.75, 3.05) is 0 Å². The SMILES string of the molecule is CC1=C2CCc3ccccc3C2=N/C1=C(/c1ccccc1)c1ccc(-c2cc3ccccc3o2)[nH]1. The van der Waals surface area contributed by atoms with Crippen LogP contribution in [0.25, 0.3) is 28.0 Å². The summed E-state index contributed by atoms with van der Waals surface area (Å²) in [7, 11) is 0. The molecule has 0 radical (unpaired) electrons. The third kappa shape index (κ3) is 3.23. The predicted octanol–water partition coefficient (Wildman–Crippen LogP) is 7.95. The van der Waals surface area contributed by atoms with Gasteiger partial charge in [-0.3, -0.25) is 0 Å². The molecule has 5 aromatic rings. The Kier molecular flexibility index (Phi) is 4.49.